The van der Waals surface area contributed by atoms with Crippen molar-refractivity contribution < 1.29 is 14.3 Å². The number of hydrogen-bond acceptors (Lipinski definition) is 4. The Morgan fingerprint density at radius 1 is 1.05 bits per heavy atom. The first-order valence-electron chi connectivity index (χ1n) is 14.0. The maximum atomic E-state index is 14.3. The summed E-state index contributed by atoms with van der Waals surface area (Å²) >= 11 is 0. The molecule has 208 valence electrons. The van der Waals surface area contributed by atoms with E-state index in [1.807, 2.05) is 82.8 Å². The molecule has 0 aliphatic carbocycles. The third kappa shape index (κ3) is 5.13. The van der Waals surface area contributed by atoms with E-state index < -0.39 is 0 Å². The van der Waals surface area contributed by atoms with E-state index in [1.54, 1.807) is 7.11 Å². The standard InChI is InChI=1S/C33H38N4O3/c1-6-25-14-11-13-23(3)32(25)37(24(4)21-40-5)31(39)20-36-29-17-10-8-15-27(29)34-33(36)26-18-30(38)35(19-26)28-16-9-7-12-22(28)2/h7-17,24,26H,6,18-21H2,1-5H3/t24-,26+/m0/s1. The molecule has 0 N–H and O–H groups in total. The Bertz CT molecular complexity index is 1540. The smallest absolute Gasteiger partial charge is 0.247 e. The molecule has 1 saturated heterocycles. The molecule has 1 aliphatic rings. The average molecular weight is 539 g/mol. The van der Waals surface area contributed by atoms with Gasteiger partial charge in [-0.3, -0.25) is 9.59 Å². The van der Waals surface area contributed by atoms with Crippen molar-refractivity contribution in [1.29, 1.82) is 0 Å². The van der Waals surface area contributed by atoms with Gasteiger partial charge in [0, 0.05) is 31.7 Å². The Morgan fingerprint density at radius 3 is 2.52 bits per heavy atom. The van der Waals surface area contributed by atoms with Crippen LogP contribution in [0.5, 0.6) is 0 Å². The summed E-state index contributed by atoms with van der Waals surface area (Å²) in [5.41, 5.74) is 6.85. The maximum Gasteiger partial charge on any atom is 0.247 e. The lowest BCUT2D eigenvalue weighted by molar-refractivity contribution is -0.120. The molecule has 7 heteroatoms. The number of carbonyl (C=O) groups excluding carboxylic acids is 2. The SMILES string of the molecule is CCc1cccc(C)c1N(C(=O)Cn1c([C@@H]2CC(=O)N(c3ccccc3C)C2)nc2ccccc21)[C@@H](C)COC. The van der Waals surface area contributed by atoms with E-state index in [-0.39, 0.29) is 30.3 Å². The summed E-state index contributed by atoms with van der Waals surface area (Å²) in [5.74, 6) is 0.700. The number of rotatable bonds is 9. The summed E-state index contributed by atoms with van der Waals surface area (Å²) in [6, 6.07) is 21.9. The van der Waals surface area contributed by atoms with Gasteiger partial charge < -0.3 is 19.1 Å². The molecule has 40 heavy (non-hydrogen) atoms. The van der Waals surface area contributed by atoms with Gasteiger partial charge in [0.15, 0.2) is 0 Å². The largest absolute Gasteiger partial charge is 0.383 e. The second-order valence-corrected chi connectivity index (χ2v) is 10.7. The summed E-state index contributed by atoms with van der Waals surface area (Å²) < 4.78 is 7.52. The fourth-order valence-electron chi connectivity index (χ4n) is 6.02. The van der Waals surface area contributed by atoms with Crippen LogP contribution in [0.1, 0.15) is 48.7 Å². The minimum atomic E-state index is -0.160. The Labute approximate surface area is 236 Å². The first-order valence-corrected chi connectivity index (χ1v) is 14.0. The van der Waals surface area contributed by atoms with Crippen LogP contribution in [0, 0.1) is 13.8 Å². The summed E-state index contributed by atoms with van der Waals surface area (Å²) in [6.07, 6.45) is 1.17. The molecule has 1 aromatic heterocycles. The lowest BCUT2D eigenvalue weighted by Crippen LogP contribution is -2.44. The van der Waals surface area contributed by atoms with Crippen molar-refractivity contribution in [3.8, 4) is 0 Å². The number of nitrogens with zero attached hydrogens (tertiary/aromatic N) is 4. The van der Waals surface area contributed by atoms with E-state index in [4.69, 9.17) is 9.72 Å². The molecule has 0 saturated carbocycles. The Morgan fingerprint density at radius 2 is 1.77 bits per heavy atom. The lowest BCUT2D eigenvalue weighted by Gasteiger charge is -2.32. The first kappa shape index (κ1) is 27.6. The monoisotopic (exact) mass is 538 g/mol. The van der Waals surface area contributed by atoms with Crippen molar-refractivity contribution in [3.63, 3.8) is 0 Å². The zero-order valence-corrected chi connectivity index (χ0v) is 24.1. The molecule has 1 fully saturated rings. The summed E-state index contributed by atoms with van der Waals surface area (Å²) in [6.45, 7) is 9.28. The van der Waals surface area contributed by atoms with Crippen LogP contribution in [0.15, 0.2) is 66.7 Å². The number of aryl methyl sites for hydroxylation is 3. The van der Waals surface area contributed by atoms with Gasteiger partial charge in [0.1, 0.15) is 12.4 Å². The molecule has 2 amide bonds. The number of carbonyl (C=O) groups is 2. The quantitative estimate of drug-likeness (QED) is 0.270. The lowest BCUT2D eigenvalue weighted by atomic mass is 10.0. The highest BCUT2D eigenvalue weighted by Gasteiger charge is 2.36. The zero-order chi connectivity index (χ0) is 28.4. The number of imidazole rings is 1. The van der Waals surface area contributed by atoms with Gasteiger partial charge in [-0.1, -0.05) is 55.5 Å². The molecule has 2 atom stereocenters. The molecule has 1 aliphatic heterocycles. The molecule has 4 aromatic rings. The van der Waals surface area contributed by atoms with Crippen LogP contribution in [0.4, 0.5) is 11.4 Å². The van der Waals surface area contributed by atoms with Gasteiger partial charge in [-0.15, -0.1) is 0 Å². The van der Waals surface area contributed by atoms with E-state index in [0.29, 0.717) is 19.6 Å². The normalized spacial score (nSPS) is 16.1. The number of para-hydroxylation sites is 4. The van der Waals surface area contributed by atoms with Gasteiger partial charge in [0.2, 0.25) is 11.8 Å². The summed E-state index contributed by atoms with van der Waals surface area (Å²) in [4.78, 5) is 36.3. The highest BCUT2D eigenvalue weighted by Crippen LogP contribution is 2.35. The number of ether oxygens (including phenoxy) is 1. The van der Waals surface area contributed by atoms with Crippen LogP contribution in [0.2, 0.25) is 0 Å². The third-order valence-electron chi connectivity index (χ3n) is 7.93. The fraction of sp³-hybridized carbons (Fsp3) is 0.364. The van der Waals surface area contributed by atoms with Gasteiger partial charge >= 0.3 is 0 Å². The topological polar surface area (TPSA) is 67.7 Å². The predicted molar refractivity (Wildman–Crippen MR) is 160 cm³/mol. The highest BCUT2D eigenvalue weighted by molar-refractivity contribution is 5.98. The van der Waals surface area contributed by atoms with Crippen molar-refractivity contribution >= 4 is 34.2 Å². The Hall–Kier alpha value is -3.97. The molecule has 0 unspecified atom stereocenters. The van der Waals surface area contributed by atoms with E-state index in [9.17, 15) is 9.59 Å². The van der Waals surface area contributed by atoms with Crippen molar-refractivity contribution in [2.75, 3.05) is 30.1 Å². The van der Waals surface area contributed by atoms with E-state index in [1.165, 1.54) is 0 Å². The average Bonchev–Trinajstić information content (AvgIpc) is 3.50. The molecular formula is C33H38N4O3. The van der Waals surface area contributed by atoms with Gasteiger partial charge in [0.25, 0.3) is 0 Å². The Kier molecular flexibility index (Phi) is 8.03. The molecule has 0 spiro atoms. The Balaban J connectivity index is 1.54. The number of hydrogen-bond donors (Lipinski definition) is 0. The highest BCUT2D eigenvalue weighted by atomic mass is 16.5. The van der Waals surface area contributed by atoms with Crippen LogP contribution in [-0.2, 0) is 27.3 Å². The molecule has 2 heterocycles. The minimum absolute atomic E-state index is 0.0296. The second-order valence-electron chi connectivity index (χ2n) is 10.7. The molecule has 5 rings (SSSR count). The van der Waals surface area contributed by atoms with Crippen molar-refractivity contribution in [2.45, 2.75) is 59.0 Å². The number of fused-ring (bicyclic) bond motifs is 1. The second kappa shape index (κ2) is 11.6. The van der Waals surface area contributed by atoms with Crippen molar-refractivity contribution in [3.05, 3.63) is 89.2 Å². The molecule has 0 radical (unpaired) electrons. The van der Waals surface area contributed by atoms with Gasteiger partial charge in [-0.2, -0.15) is 0 Å². The van der Waals surface area contributed by atoms with Crippen LogP contribution in [0.3, 0.4) is 0 Å². The molecule has 3 aromatic carbocycles. The van der Waals surface area contributed by atoms with Crippen molar-refractivity contribution in [1.82, 2.24) is 9.55 Å². The number of aromatic nitrogens is 2. The zero-order valence-electron chi connectivity index (χ0n) is 24.1. The number of anilines is 2. The van der Waals surface area contributed by atoms with Gasteiger partial charge in [0.05, 0.1) is 29.4 Å². The maximum absolute atomic E-state index is 14.3. The third-order valence-corrected chi connectivity index (χ3v) is 7.93. The van der Waals surface area contributed by atoms with E-state index in [0.717, 1.165) is 51.3 Å². The van der Waals surface area contributed by atoms with Crippen LogP contribution >= 0.6 is 0 Å². The molecule has 0 bridgehead atoms. The van der Waals surface area contributed by atoms with Crippen LogP contribution in [0.25, 0.3) is 11.0 Å². The van der Waals surface area contributed by atoms with Crippen LogP contribution in [-0.4, -0.2) is 47.7 Å². The van der Waals surface area contributed by atoms with Crippen LogP contribution < -0.4 is 9.80 Å². The predicted octanol–water partition coefficient (Wildman–Crippen LogP) is 5.80. The minimum Gasteiger partial charge on any atom is -0.383 e. The summed E-state index contributed by atoms with van der Waals surface area (Å²) in [7, 11) is 1.66. The molecular weight excluding hydrogens is 500 g/mol. The van der Waals surface area contributed by atoms with Gasteiger partial charge in [-0.05, 0) is 62.1 Å². The van der Waals surface area contributed by atoms with E-state index in [2.05, 4.69) is 26.0 Å². The van der Waals surface area contributed by atoms with Gasteiger partial charge in [-0.25, -0.2) is 4.98 Å². The summed E-state index contributed by atoms with van der Waals surface area (Å²) in [5, 5.41) is 0. The number of amides is 2. The number of benzene rings is 3. The van der Waals surface area contributed by atoms with E-state index >= 15 is 0 Å². The number of methoxy groups -OCH3 is 1. The fourth-order valence-corrected chi connectivity index (χ4v) is 6.02. The molecule has 7 nitrogen and oxygen atoms in total. The first-order chi connectivity index (χ1) is 19.3. The van der Waals surface area contributed by atoms with Crippen molar-refractivity contribution in [2.24, 2.45) is 0 Å².